The van der Waals surface area contributed by atoms with Crippen LogP contribution < -0.4 is 10.1 Å². The number of hydrogen-bond acceptors (Lipinski definition) is 2. The minimum Gasteiger partial charge on any atom is -0.495 e. The van der Waals surface area contributed by atoms with E-state index in [0.29, 0.717) is 0 Å². The van der Waals surface area contributed by atoms with Crippen LogP contribution in [0.3, 0.4) is 0 Å². The molecule has 0 aromatic heterocycles. The molecule has 3 heteroatoms. The zero-order valence-electron chi connectivity index (χ0n) is 9.14. The van der Waals surface area contributed by atoms with Crippen molar-refractivity contribution in [2.45, 2.75) is 13.3 Å². The van der Waals surface area contributed by atoms with Gasteiger partial charge in [0.1, 0.15) is 5.75 Å². The second-order valence-corrected chi connectivity index (χ2v) is 4.34. The highest BCUT2D eigenvalue weighted by molar-refractivity contribution is 9.10. The van der Waals surface area contributed by atoms with Gasteiger partial charge in [0.25, 0.3) is 0 Å². The van der Waals surface area contributed by atoms with Crippen molar-refractivity contribution < 1.29 is 4.74 Å². The van der Waals surface area contributed by atoms with Crippen LogP contribution in [-0.2, 0) is 0 Å². The fourth-order valence-corrected chi connectivity index (χ4v) is 1.60. The first-order valence-corrected chi connectivity index (χ1v) is 5.64. The van der Waals surface area contributed by atoms with Crippen LogP contribution in [0.5, 0.6) is 5.75 Å². The Morgan fingerprint density at radius 3 is 2.87 bits per heavy atom. The average molecular weight is 270 g/mol. The van der Waals surface area contributed by atoms with Gasteiger partial charge in [-0.05, 0) is 41.4 Å². The average Bonchev–Trinajstić information content (AvgIpc) is 2.20. The number of benzene rings is 1. The quantitative estimate of drug-likeness (QED) is 0.821. The van der Waals surface area contributed by atoms with Crippen LogP contribution in [0.15, 0.2) is 34.8 Å². The highest BCUT2D eigenvalue weighted by atomic mass is 79.9. The van der Waals surface area contributed by atoms with Crippen molar-refractivity contribution in [3.63, 3.8) is 0 Å². The first-order valence-electron chi connectivity index (χ1n) is 4.85. The molecule has 1 aromatic rings. The zero-order valence-corrected chi connectivity index (χ0v) is 10.7. The number of rotatable bonds is 5. The van der Waals surface area contributed by atoms with E-state index in [-0.39, 0.29) is 0 Å². The summed E-state index contributed by atoms with van der Waals surface area (Å²) >= 11 is 3.42. The van der Waals surface area contributed by atoms with E-state index >= 15 is 0 Å². The third-order valence-electron chi connectivity index (χ3n) is 2.03. The molecule has 0 heterocycles. The molecule has 0 aliphatic rings. The summed E-state index contributed by atoms with van der Waals surface area (Å²) in [6, 6.07) is 5.97. The lowest BCUT2D eigenvalue weighted by molar-refractivity contribution is 0.412. The Balaban J connectivity index is 2.58. The largest absolute Gasteiger partial charge is 0.495 e. The van der Waals surface area contributed by atoms with E-state index < -0.39 is 0 Å². The van der Waals surface area contributed by atoms with Crippen molar-refractivity contribution in [3.8, 4) is 5.75 Å². The van der Waals surface area contributed by atoms with Crippen LogP contribution in [0.25, 0.3) is 0 Å². The van der Waals surface area contributed by atoms with Crippen LogP contribution in [0.1, 0.15) is 13.3 Å². The molecule has 0 aliphatic carbocycles. The summed E-state index contributed by atoms with van der Waals surface area (Å²) in [5.41, 5.74) is 2.25. The summed E-state index contributed by atoms with van der Waals surface area (Å²) < 4.78 is 6.18. The Bertz CT molecular complexity index is 349. The van der Waals surface area contributed by atoms with E-state index in [9.17, 15) is 0 Å². The van der Waals surface area contributed by atoms with Crippen molar-refractivity contribution in [2.24, 2.45) is 0 Å². The molecule has 0 aliphatic heterocycles. The molecule has 1 rings (SSSR count). The molecule has 0 radical (unpaired) electrons. The number of halogens is 1. The van der Waals surface area contributed by atoms with Crippen molar-refractivity contribution in [1.82, 2.24) is 0 Å². The normalized spacial score (nSPS) is 9.80. The highest BCUT2D eigenvalue weighted by Crippen LogP contribution is 2.27. The third kappa shape index (κ3) is 3.96. The Labute approximate surface area is 99.5 Å². The molecule has 0 saturated carbocycles. The Kier molecular flexibility index (Phi) is 4.69. The maximum atomic E-state index is 5.21. The maximum absolute atomic E-state index is 5.21. The van der Waals surface area contributed by atoms with Gasteiger partial charge in [-0.25, -0.2) is 0 Å². The Morgan fingerprint density at radius 1 is 1.53 bits per heavy atom. The number of anilines is 1. The van der Waals surface area contributed by atoms with Gasteiger partial charge >= 0.3 is 0 Å². The van der Waals surface area contributed by atoms with Crippen molar-refractivity contribution in [2.75, 3.05) is 19.0 Å². The molecule has 15 heavy (non-hydrogen) atoms. The van der Waals surface area contributed by atoms with Gasteiger partial charge < -0.3 is 10.1 Å². The lowest BCUT2D eigenvalue weighted by atomic mass is 10.2. The smallest absolute Gasteiger partial charge is 0.135 e. The summed E-state index contributed by atoms with van der Waals surface area (Å²) in [5, 5.41) is 3.32. The summed E-state index contributed by atoms with van der Waals surface area (Å²) in [6.45, 7) is 6.80. The number of methoxy groups -OCH3 is 1. The SMILES string of the molecule is C=C(C)CCNc1ccc(Br)c(OC)c1. The number of hydrogen-bond donors (Lipinski definition) is 1. The van der Waals surface area contributed by atoms with Crippen LogP contribution in [-0.4, -0.2) is 13.7 Å². The van der Waals surface area contributed by atoms with Gasteiger partial charge in [-0.15, -0.1) is 6.58 Å². The van der Waals surface area contributed by atoms with Gasteiger partial charge in [-0.3, -0.25) is 0 Å². The first kappa shape index (κ1) is 12.1. The van der Waals surface area contributed by atoms with Crippen LogP contribution in [0.2, 0.25) is 0 Å². The standard InChI is InChI=1S/C12H16BrNO/c1-9(2)6-7-14-10-4-5-11(13)12(8-10)15-3/h4-5,8,14H,1,6-7H2,2-3H3. The maximum Gasteiger partial charge on any atom is 0.135 e. The summed E-state index contributed by atoms with van der Waals surface area (Å²) in [7, 11) is 1.66. The van der Waals surface area contributed by atoms with Gasteiger partial charge in [-0.1, -0.05) is 5.57 Å². The third-order valence-corrected chi connectivity index (χ3v) is 2.69. The zero-order chi connectivity index (χ0) is 11.3. The fraction of sp³-hybridized carbons (Fsp3) is 0.333. The predicted molar refractivity (Wildman–Crippen MR) is 68.6 cm³/mol. The predicted octanol–water partition coefficient (Wildman–Crippen LogP) is 3.84. The van der Waals surface area contributed by atoms with Crippen molar-refractivity contribution >= 4 is 21.6 Å². The van der Waals surface area contributed by atoms with Gasteiger partial charge in [0.15, 0.2) is 0 Å². The van der Waals surface area contributed by atoms with Gasteiger partial charge in [0.2, 0.25) is 0 Å². The second-order valence-electron chi connectivity index (χ2n) is 3.48. The van der Waals surface area contributed by atoms with Crippen LogP contribution >= 0.6 is 15.9 Å². The van der Waals surface area contributed by atoms with Crippen LogP contribution in [0, 0.1) is 0 Å². The summed E-state index contributed by atoms with van der Waals surface area (Å²) in [4.78, 5) is 0. The van der Waals surface area contributed by atoms with Gasteiger partial charge in [0, 0.05) is 18.3 Å². The molecule has 1 N–H and O–H groups in total. The van der Waals surface area contributed by atoms with Crippen molar-refractivity contribution in [3.05, 3.63) is 34.8 Å². The van der Waals surface area contributed by atoms with E-state index in [1.165, 1.54) is 5.57 Å². The molecule has 0 unspecified atom stereocenters. The van der Waals surface area contributed by atoms with E-state index in [2.05, 4.69) is 27.8 Å². The molecule has 0 atom stereocenters. The second kappa shape index (κ2) is 5.81. The minimum absolute atomic E-state index is 0.843. The monoisotopic (exact) mass is 269 g/mol. The topological polar surface area (TPSA) is 21.3 Å². The minimum atomic E-state index is 0.843. The van der Waals surface area contributed by atoms with E-state index in [4.69, 9.17) is 4.74 Å². The lowest BCUT2D eigenvalue weighted by Gasteiger charge is -2.09. The molecule has 0 spiro atoms. The summed E-state index contributed by atoms with van der Waals surface area (Å²) in [5.74, 6) is 0.843. The molecule has 82 valence electrons. The molecule has 0 bridgehead atoms. The Morgan fingerprint density at radius 2 is 2.27 bits per heavy atom. The molecule has 1 aromatic carbocycles. The van der Waals surface area contributed by atoms with Gasteiger partial charge in [-0.2, -0.15) is 0 Å². The molecule has 0 fully saturated rings. The number of nitrogens with one attached hydrogen (secondary N) is 1. The van der Waals surface area contributed by atoms with Crippen molar-refractivity contribution in [1.29, 1.82) is 0 Å². The van der Waals surface area contributed by atoms with E-state index in [0.717, 1.165) is 28.9 Å². The van der Waals surface area contributed by atoms with E-state index in [1.807, 2.05) is 25.1 Å². The molecule has 0 saturated heterocycles. The van der Waals surface area contributed by atoms with Crippen LogP contribution in [0.4, 0.5) is 5.69 Å². The number of ether oxygens (including phenoxy) is 1. The van der Waals surface area contributed by atoms with Gasteiger partial charge in [0.05, 0.1) is 11.6 Å². The first-order chi connectivity index (χ1) is 7.13. The summed E-state index contributed by atoms with van der Waals surface area (Å²) in [6.07, 6.45) is 0.985. The fourth-order valence-electron chi connectivity index (χ4n) is 1.19. The Hall–Kier alpha value is -0.960. The molecule has 0 amide bonds. The van der Waals surface area contributed by atoms with E-state index in [1.54, 1.807) is 7.11 Å². The highest BCUT2D eigenvalue weighted by Gasteiger charge is 2.00. The lowest BCUT2D eigenvalue weighted by Crippen LogP contribution is -2.01. The molecular formula is C12H16BrNO. The molecular weight excluding hydrogens is 254 g/mol. The molecule has 2 nitrogen and oxygen atoms in total.